The largest absolute Gasteiger partial charge is 0.394 e. The van der Waals surface area contributed by atoms with Gasteiger partial charge in [-0.3, -0.25) is 0 Å². The molecule has 0 heterocycles. The minimum absolute atomic E-state index is 0.0285. The summed E-state index contributed by atoms with van der Waals surface area (Å²) in [6.45, 7) is 14.0. The maximum absolute atomic E-state index is 8.57. The van der Waals surface area contributed by atoms with Gasteiger partial charge in [0.15, 0.2) is 0 Å². The van der Waals surface area contributed by atoms with Crippen molar-refractivity contribution in [2.75, 3.05) is 152 Å². The molecule has 12 nitrogen and oxygen atoms in total. The topological polar surface area (TPSA) is 122 Å². The number of unbranched alkanes of at least 4 members (excludes halogenated alkanes) is 5. The fourth-order valence-corrected chi connectivity index (χ4v) is 3.35. The molecule has 0 aliphatic carbocycles. The summed E-state index contributed by atoms with van der Waals surface area (Å²) in [7, 11) is 0. The first-order valence-corrected chi connectivity index (χ1v) is 15.9. The van der Waals surface area contributed by atoms with Crippen LogP contribution in [-0.2, 0) is 52.1 Å². The first kappa shape index (κ1) is 41.5. The molecule has 0 bridgehead atoms. The molecule has 0 aliphatic heterocycles. The number of rotatable bonds is 39. The van der Waals surface area contributed by atoms with E-state index in [-0.39, 0.29) is 6.61 Å². The van der Waals surface area contributed by atoms with Crippen LogP contribution in [0.4, 0.5) is 0 Å². The van der Waals surface area contributed by atoms with Crippen molar-refractivity contribution in [2.45, 2.75) is 45.4 Å². The molecule has 0 radical (unpaired) electrons. The van der Waals surface area contributed by atoms with E-state index in [0.717, 1.165) is 13.0 Å². The lowest BCUT2D eigenvalue weighted by molar-refractivity contribution is -0.0278. The zero-order valence-electron chi connectivity index (χ0n) is 26.4. The van der Waals surface area contributed by atoms with E-state index in [4.69, 9.17) is 57.2 Å². The molecule has 0 saturated heterocycles. The van der Waals surface area contributed by atoms with E-state index in [1.165, 1.54) is 32.1 Å². The van der Waals surface area contributed by atoms with Crippen LogP contribution in [0.2, 0.25) is 0 Å². The monoisotopic (exact) mass is 614 g/mol. The van der Waals surface area contributed by atoms with Crippen LogP contribution in [0.3, 0.4) is 0 Å². The van der Waals surface area contributed by atoms with Crippen LogP contribution in [0.15, 0.2) is 0 Å². The zero-order valence-corrected chi connectivity index (χ0v) is 26.4. The number of aliphatic hydroxyl groups is 1. The molecule has 0 amide bonds. The van der Waals surface area contributed by atoms with Crippen LogP contribution in [0.5, 0.6) is 0 Å². The Morgan fingerprint density at radius 1 is 0.262 bits per heavy atom. The lowest BCUT2D eigenvalue weighted by Gasteiger charge is -2.09. The summed E-state index contributed by atoms with van der Waals surface area (Å²) in [5, 5.41) is 8.57. The summed E-state index contributed by atoms with van der Waals surface area (Å²) in [6, 6.07) is 0. The summed E-state index contributed by atoms with van der Waals surface area (Å²) >= 11 is 0. The van der Waals surface area contributed by atoms with Crippen LogP contribution in [0, 0.1) is 0 Å². The molecule has 0 aromatic rings. The molecule has 12 heteroatoms. The number of hydrogen-bond acceptors (Lipinski definition) is 12. The Kier molecular flexibility index (Phi) is 40.1. The molecule has 1 N–H and O–H groups in total. The van der Waals surface area contributed by atoms with Gasteiger partial charge < -0.3 is 57.2 Å². The van der Waals surface area contributed by atoms with Gasteiger partial charge in [0.05, 0.1) is 145 Å². The molecule has 0 aromatic heterocycles. The standard InChI is InChI=1S/C30H62O12/c1-2-3-4-5-6-7-9-32-11-13-34-15-17-36-19-21-38-23-25-40-27-29-42-30-28-41-26-24-39-22-20-37-18-16-35-14-12-33-10-8-31/h31H,2-30H2,1H3. The number of aliphatic hydroxyl groups excluding tert-OH is 1. The summed E-state index contributed by atoms with van der Waals surface area (Å²) in [5.41, 5.74) is 0. The molecular formula is C30H62O12. The van der Waals surface area contributed by atoms with Crippen LogP contribution < -0.4 is 0 Å². The quantitative estimate of drug-likeness (QED) is 0.102. The third-order valence-corrected chi connectivity index (χ3v) is 5.60. The SMILES string of the molecule is CCCCCCCCOCCOCCOCCOCCOCCOCCOCCOCCOCCOCCOCCO. The minimum atomic E-state index is 0.0285. The lowest BCUT2D eigenvalue weighted by atomic mass is 10.1. The fourth-order valence-electron chi connectivity index (χ4n) is 3.35. The molecule has 0 saturated carbocycles. The lowest BCUT2D eigenvalue weighted by Crippen LogP contribution is -2.15. The van der Waals surface area contributed by atoms with Crippen LogP contribution in [-0.4, -0.2) is 157 Å². The van der Waals surface area contributed by atoms with Crippen LogP contribution in [0.1, 0.15) is 45.4 Å². The Bertz CT molecular complexity index is 422. The van der Waals surface area contributed by atoms with Gasteiger partial charge in [-0.1, -0.05) is 39.0 Å². The van der Waals surface area contributed by atoms with Gasteiger partial charge in [0.25, 0.3) is 0 Å². The van der Waals surface area contributed by atoms with E-state index >= 15 is 0 Å². The van der Waals surface area contributed by atoms with Crippen LogP contribution >= 0.6 is 0 Å². The number of hydrogen-bond donors (Lipinski definition) is 1. The summed E-state index contributed by atoms with van der Waals surface area (Å²) in [5.74, 6) is 0. The molecule has 0 atom stereocenters. The Morgan fingerprint density at radius 2 is 0.476 bits per heavy atom. The van der Waals surface area contributed by atoms with E-state index in [0.29, 0.717) is 139 Å². The Hall–Kier alpha value is -0.480. The first-order chi connectivity index (χ1) is 20.9. The second-order valence-corrected chi connectivity index (χ2v) is 9.23. The molecule has 0 unspecified atom stereocenters. The minimum Gasteiger partial charge on any atom is -0.394 e. The maximum Gasteiger partial charge on any atom is 0.0701 e. The average molecular weight is 615 g/mol. The molecule has 0 rings (SSSR count). The molecule has 42 heavy (non-hydrogen) atoms. The Labute approximate surface area is 254 Å². The van der Waals surface area contributed by atoms with Gasteiger partial charge >= 0.3 is 0 Å². The molecule has 0 spiro atoms. The van der Waals surface area contributed by atoms with Crippen molar-refractivity contribution in [3.05, 3.63) is 0 Å². The fraction of sp³-hybridized carbons (Fsp3) is 1.00. The van der Waals surface area contributed by atoms with Gasteiger partial charge in [-0.15, -0.1) is 0 Å². The third kappa shape index (κ3) is 39.5. The van der Waals surface area contributed by atoms with E-state index in [2.05, 4.69) is 6.92 Å². The predicted molar refractivity (Wildman–Crippen MR) is 159 cm³/mol. The summed E-state index contributed by atoms with van der Waals surface area (Å²) in [6.07, 6.45) is 7.68. The van der Waals surface area contributed by atoms with E-state index in [9.17, 15) is 0 Å². The second-order valence-electron chi connectivity index (χ2n) is 9.23. The van der Waals surface area contributed by atoms with Gasteiger partial charge in [-0.25, -0.2) is 0 Å². The van der Waals surface area contributed by atoms with E-state index in [1.807, 2.05) is 0 Å². The van der Waals surface area contributed by atoms with Crippen molar-refractivity contribution in [3.63, 3.8) is 0 Å². The molecule has 0 aliphatic rings. The molecule has 254 valence electrons. The summed E-state index contributed by atoms with van der Waals surface area (Å²) in [4.78, 5) is 0. The van der Waals surface area contributed by atoms with E-state index in [1.54, 1.807) is 0 Å². The predicted octanol–water partition coefficient (Wildman–Crippen LogP) is 2.52. The van der Waals surface area contributed by atoms with Crippen molar-refractivity contribution < 1.29 is 57.2 Å². The van der Waals surface area contributed by atoms with Crippen molar-refractivity contribution in [3.8, 4) is 0 Å². The Morgan fingerprint density at radius 3 is 0.738 bits per heavy atom. The summed E-state index contributed by atoms with van der Waals surface area (Å²) < 4.78 is 59.7. The van der Waals surface area contributed by atoms with Crippen molar-refractivity contribution in [1.29, 1.82) is 0 Å². The first-order valence-electron chi connectivity index (χ1n) is 15.9. The highest BCUT2D eigenvalue weighted by molar-refractivity contribution is 4.44. The van der Waals surface area contributed by atoms with Crippen molar-refractivity contribution in [1.82, 2.24) is 0 Å². The average Bonchev–Trinajstić information content (AvgIpc) is 3.00. The molecule has 0 fully saturated rings. The highest BCUT2D eigenvalue weighted by Gasteiger charge is 1.96. The van der Waals surface area contributed by atoms with Crippen molar-refractivity contribution in [2.24, 2.45) is 0 Å². The van der Waals surface area contributed by atoms with E-state index < -0.39 is 0 Å². The van der Waals surface area contributed by atoms with Gasteiger partial charge in [-0.2, -0.15) is 0 Å². The third-order valence-electron chi connectivity index (χ3n) is 5.60. The molecular weight excluding hydrogens is 552 g/mol. The normalized spacial score (nSPS) is 11.6. The Balaban J connectivity index is 3.02. The second kappa shape index (κ2) is 40.5. The highest BCUT2D eigenvalue weighted by atomic mass is 16.6. The van der Waals surface area contributed by atoms with Gasteiger partial charge in [0, 0.05) is 6.61 Å². The maximum atomic E-state index is 8.57. The van der Waals surface area contributed by atoms with Gasteiger partial charge in [-0.05, 0) is 6.42 Å². The number of ether oxygens (including phenoxy) is 11. The van der Waals surface area contributed by atoms with Crippen LogP contribution in [0.25, 0.3) is 0 Å². The van der Waals surface area contributed by atoms with Gasteiger partial charge in [0.2, 0.25) is 0 Å². The molecule has 0 aromatic carbocycles. The van der Waals surface area contributed by atoms with Gasteiger partial charge in [0.1, 0.15) is 0 Å². The zero-order chi connectivity index (χ0) is 30.3. The van der Waals surface area contributed by atoms with Crippen molar-refractivity contribution >= 4 is 0 Å². The highest BCUT2D eigenvalue weighted by Crippen LogP contribution is 2.04. The smallest absolute Gasteiger partial charge is 0.0701 e.